The molecule has 0 aliphatic heterocycles. The van der Waals surface area contributed by atoms with E-state index >= 15 is 0 Å². The topological polar surface area (TPSA) is 50.7 Å². The summed E-state index contributed by atoms with van der Waals surface area (Å²) < 4.78 is 10.5. The molecular formula is C10H21NO3. The van der Waals surface area contributed by atoms with Gasteiger partial charge in [-0.25, -0.2) is 0 Å². The highest BCUT2D eigenvalue weighted by molar-refractivity contribution is 4.95. The molecule has 4 nitrogen and oxygen atoms in total. The summed E-state index contributed by atoms with van der Waals surface area (Å²) in [5.41, 5.74) is -0.113. The molecule has 1 aliphatic carbocycles. The van der Waals surface area contributed by atoms with Gasteiger partial charge in [-0.15, -0.1) is 0 Å². The first-order chi connectivity index (χ1) is 6.76. The van der Waals surface area contributed by atoms with Crippen LogP contribution in [0, 0.1) is 0 Å². The quantitative estimate of drug-likeness (QED) is 0.603. The molecule has 2 unspecified atom stereocenters. The predicted molar refractivity (Wildman–Crippen MR) is 54.3 cm³/mol. The molecule has 1 saturated carbocycles. The molecule has 4 heteroatoms. The van der Waals surface area contributed by atoms with Gasteiger partial charge in [0, 0.05) is 12.6 Å². The Balaban J connectivity index is 2.25. The molecule has 0 bridgehead atoms. The Morgan fingerprint density at radius 3 is 2.79 bits per heavy atom. The molecule has 2 atom stereocenters. The van der Waals surface area contributed by atoms with E-state index < -0.39 is 0 Å². The van der Waals surface area contributed by atoms with E-state index in [0.29, 0.717) is 13.2 Å². The molecule has 2 N–H and O–H groups in total. The van der Waals surface area contributed by atoms with Crippen LogP contribution in [0.4, 0.5) is 0 Å². The maximum atomic E-state index is 9.26. The molecule has 0 heterocycles. The van der Waals surface area contributed by atoms with Crippen LogP contribution in [0.15, 0.2) is 0 Å². The van der Waals surface area contributed by atoms with Gasteiger partial charge in [0.2, 0.25) is 0 Å². The summed E-state index contributed by atoms with van der Waals surface area (Å²) in [6, 6.07) is 0. The number of hydrogen-bond acceptors (Lipinski definition) is 4. The smallest absolute Gasteiger partial charge is 0.0704 e. The van der Waals surface area contributed by atoms with Crippen LogP contribution >= 0.6 is 0 Å². The summed E-state index contributed by atoms with van der Waals surface area (Å²) in [5, 5.41) is 12.4. The predicted octanol–water partition coefficient (Wildman–Crippen LogP) is 0.152. The van der Waals surface area contributed by atoms with Gasteiger partial charge in [0.1, 0.15) is 0 Å². The number of methoxy groups -OCH3 is 1. The first-order valence-electron chi connectivity index (χ1n) is 5.16. The Hall–Kier alpha value is -0.160. The fourth-order valence-corrected chi connectivity index (χ4v) is 1.97. The zero-order chi connectivity index (χ0) is 10.4. The zero-order valence-corrected chi connectivity index (χ0v) is 9.08. The Kier molecular flexibility index (Phi) is 4.81. The molecule has 0 aromatic heterocycles. The van der Waals surface area contributed by atoms with Crippen molar-refractivity contribution in [2.45, 2.75) is 30.9 Å². The fourth-order valence-electron chi connectivity index (χ4n) is 1.97. The van der Waals surface area contributed by atoms with Crippen molar-refractivity contribution in [2.24, 2.45) is 0 Å². The van der Waals surface area contributed by atoms with Crippen LogP contribution in [-0.2, 0) is 9.47 Å². The minimum atomic E-state index is -0.113. The highest BCUT2D eigenvalue weighted by atomic mass is 16.5. The maximum absolute atomic E-state index is 9.26. The van der Waals surface area contributed by atoms with Gasteiger partial charge in [-0.2, -0.15) is 0 Å². The normalized spacial score (nSPS) is 32.4. The van der Waals surface area contributed by atoms with Crippen molar-refractivity contribution in [3.8, 4) is 0 Å². The van der Waals surface area contributed by atoms with Crippen molar-refractivity contribution in [2.75, 3.05) is 34.0 Å². The standard InChI is InChI=1S/C10H21NO3/c1-11-10(8-12)4-3-9(7-10)14-6-5-13-2/h9,11-12H,3-8H2,1-2H3. The average molecular weight is 203 g/mol. The van der Waals surface area contributed by atoms with Crippen LogP contribution in [0.1, 0.15) is 19.3 Å². The van der Waals surface area contributed by atoms with Crippen molar-refractivity contribution < 1.29 is 14.6 Å². The fraction of sp³-hybridized carbons (Fsp3) is 1.00. The van der Waals surface area contributed by atoms with Gasteiger partial charge in [0.15, 0.2) is 0 Å². The first kappa shape index (κ1) is 11.9. The third-order valence-electron chi connectivity index (χ3n) is 3.04. The Morgan fingerprint density at radius 1 is 1.50 bits per heavy atom. The molecule has 0 saturated heterocycles. The summed E-state index contributed by atoms with van der Waals surface area (Å²) in [5.74, 6) is 0. The van der Waals surface area contributed by atoms with Gasteiger partial charge in [-0.05, 0) is 26.3 Å². The summed E-state index contributed by atoms with van der Waals surface area (Å²) in [6.07, 6.45) is 3.16. The lowest BCUT2D eigenvalue weighted by atomic mass is 9.99. The summed E-state index contributed by atoms with van der Waals surface area (Å²) in [6.45, 7) is 1.47. The van der Waals surface area contributed by atoms with Crippen LogP contribution in [0.5, 0.6) is 0 Å². The largest absolute Gasteiger partial charge is 0.394 e. The van der Waals surface area contributed by atoms with Crippen molar-refractivity contribution in [1.82, 2.24) is 5.32 Å². The second kappa shape index (κ2) is 5.66. The molecular weight excluding hydrogens is 182 g/mol. The lowest BCUT2D eigenvalue weighted by Crippen LogP contribution is -2.44. The monoisotopic (exact) mass is 203 g/mol. The van der Waals surface area contributed by atoms with E-state index in [4.69, 9.17) is 9.47 Å². The van der Waals surface area contributed by atoms with Crippen LogP contribution in [0.2, 0.25) is 0 Å². The van der Waals surface area contributed by atoms with Gasteiger partial charge < -0.3 is 19.9 Å². The van der Waals surface area contributed by atoms with Gasteiger partial charge in [0.05, 0.1) is 25.9 Å². The second-order valence-corrected chi connectivity index (χ2v) is 3.92. The number of aliphatic hydroxyl groups excluding tert-OH is 1. The highest BCUT2D eigenvalue weighted by Crippen LogP contribution is 2.31. The van der Waals surface area contributed by atoms with Gasteiger partial charge in [-0.1, -0.05) is 0 Å². The lowest BCUT2D eigenvalue weighted by Gasteiger charge is -2.26. The van der Waals surface area contributed by atoms with Crippen molar-refractivity contribution in [3.63, 3.8) is 0 Å². The molecule has 1 fully saturated rings. The second-order valence-electron chi connectivity index (χ2n) is 3.92. The number of likely N-dealkylation sites (N-methyl/N-ethyl adjacent to an activating group) is 1. The van der Waals surface area contributed by atoms with E-state index in [2.05, 4.69) is 5.32 Å². The SMILES string of the molecule is CNC1(CO)CCC(OCCOC)C1. The third kappa shape index (κ3) is 2.92. The summed E-state index contributed by atoms with van der Waals surface area (Å²) in [4.78, 5) is 0. The van der Waals surface area contributed by atoms with Crippen molar-refractivity contribution in [1.29, 1.82) is 0 Å². The minimum Gasteiger partial charge on any atom is -0.394 e. The van der Waals surface area contributed by atoms with E-state index in [1.54, 1.807) is 7.11 Å². The summed E-state index contributed by atoms with van der Waals surface area (Å²) in [7, 11) is 3.57. The molecule has 84 valence electrons. The van der Waals surface area contributed by atoms with E-state index in [9.17, 15) is 5.11 Å². The first-order valence-corrected chi connectivity index (χ1v) is 5.16. The van der Waals surface area contributed by atoms with E-state index in [-0.39, 0.29) is 18.2 Å². The number of rotatable bonds is 6. The van der Waals surface area contributed by atoms with Crippen LogP contribution in [-0.4, -0.2) is 50.7 Å². The van der Waals surface area contributed by atoms with Gasteiger partial charge in [0.25, 0.3) is 0 Å². The third-order valence-corrected chi connectivity index (χ3v) is 3.04. The van der Waals surface area contributed by atoms with Crippen LogP contribution in [0.3, 0.4) is 0 Å². The van der Waals surface area contributed by atoms with Crippen molar-refractivity contribution in [3.05, 3.63) is 0 Å². The summed E-state index contributed by atoms with van der Waals surface area (Å²) >= 11 is 0. The van der Waals surface area contributed by atoms with Crippen LogP contribution < -0.4 is 5.32 Å². The molecule has 0 radical (unpaired) electrons. The van der Waals surface area contributed by atoms with Crippen molar-refractivity contribution >= 4 is 0 Å². The Morgan fingerprint density at radius 2 is 2.29 bits per heavy atom. The zero-order valence-electron chi connectivity index (χ0n) is 9.08. The molecule has 14 heavy (non-hydrogen) atoms. The Bertz CT molecular complexity index is 159. The molecule has 0 amide bonds. The molecule has 1 rings (SSSR count). The minimum absolute atomic E-state index is 0.113. The average Bonchev–Trinajstić information content (AvgIpc) is 2.63. The number of aliphatic hydroxyl groups is 1. The van der Waals surface area contributed by atoms with E-state index in [0.717, 1.165) is 19.3 Å². The maximum Gasteiger partial charge on any atom is 0.0704 e. The lowest BCUT2D eigenvalue weighted by molar-refractivity contribution is 0.0148. The van der Waals surface area contributed by atoms with Gasteiger partial charge >= 0.3 is 0 Å². The molecule has 0 spiro atoms. The van der Waals surface area contributed by atoms with E-state index in [1.807, 2.05) is 7.05 Å². The number of nitrogens with one attached hydrogen (secondary N) is 1. The van der Waals surface area contributed by atoms with E-state index in [1.165, 1.54) is 0 Å². The van der Waals surface area contributed by atoms with Gasteiger partial charge in [-0.3, -0.25) is 0 Å². The molecule has 1 aliphatic rings. The molecule has 0 aromatic rings. The molecule has 0 aromatic carbocycles. The Labute approximate surface area is 85.6 Å². The number of ether oxygens (including phenoxy) is 2. The highest BCUT2D eigenvalue weighted by Gasteiger charge is 2.37. The van der Waals surface area contributed by atoms with Crippen LogP contribution in [0.25, 0.3) is 0 Å². The number of hydrogen-bond donors (Lipinski definition) is 2.